The molecule has 8 nitrogen and oxygen atoms in total. The molecule has 0 saturated carbocycles. The van der Waals surface area contributed by atoms with Crippen LogP contribution in [0.3, 0.4) is 0 Å². The highest BCUT2D eigenvalue weighted by Gasteiger charge is 2.14. The first kappa shape index (κ1) is 19.6. The lowest BCUT2D eigenvalue weighted by molar-refractivity contribution is -0.149. The quantitative estimate of drug-likeness (QED) is 0.536. The van der Waals surface area contributed by atoms with Crippen molar-refractivity contribution < 1.29 is 28.7 Å². The third-order valence-electron chi connectivity index (χ3n) is 3.44. The number of nitrogens with two attached hydrogens (primary N) is 1. The normalized spacial score (nSPS) is 9.96. The number of primary amides is 1. The predicted molar refractivity (Wildman–Crippen MR) is 96.5 cm³/mol. The summed E-state index contributed by atoms with van der Waals surface area (Å²) in [6, 6.07) is 12.7. The van der Waals surface area contributed by atoms with Crippen LogP contribution in [0.25, 0.3) is 0 Å². The number of amides is 2. The number of hydrogen-bond acceptors (Lipinski definition) is 6. The first-order chi connectivity index (χ1) is 12.9. The van der Waals surface area contributed by atoms with E-state index >= 15 is 0 Å². The standard InChI is InChI=1S/C19H18N2O6/c1-12(22)13-6-2-4-8-15(13)21-17(23)10-27-18(24)11-26-16-9-5-3-7-14(16)19(20)25/h2-9H,10-11H2,1H3,(H2,20,25)(H,21,23). The largest absolute Gasteiger partial charge is 0.481 e. The number of ether oxygens (including phenoxy) is 2. The Labute approximate surface area is 155 Å². The van der Waals surface area contributed by atoms with Crippen LogP contribution in [0.2, 0.25) is 0 Å². The van der Waals surface area contributed by atoms with Gasteiger partial charge in [-0.05, 0) is 31.2 Å². The molecule has 0 heterocycles. The molecule has 140 valence electrons. The van der Waals surface area contributed by atoms with E-state index in [0.29, 0.717) is 11.3 Å². The molecule has 0 aliphatic carbocycles. The van der Waals surface area contributed by atoms with E-state index in [4.69, 9.17) is 15.2 Å². The average Bonchev–Trinajstić information content (AvgIpc) is 2.65. The maximum atomic E-state index is 11.9. The van der Waals surface area contributed by atoms with E-state index in [0.717, 1.165) is 0 Å². The zero-order valence-corrected chi connectivity index (χ0v) is 14.6. The Balaban J connectivity index is 1.85. The van der Waals surface area contributed by atoms with Gasteiger partial charge < -0.3 is 20.5 Å². The summed E-state index contributed by atoms with van der Waals surface area (Å²) < 4.78 is 10.0. The summed E-state index contributed by atoms with van der Waals surface area (Å²) >= 11 is 0. The molecule has 2 amide bonds. The van der Waals surface area contributed by atoms with Crippen molar-refractivity contribution in [3.8, 4) is 5.75 Å². The number of carbonyl (C=O) groups excluding carboxylic acids is 4. The molecule has 0 unspecified atom stereocenters. The molecule has 0 aliphatic rings. The van der Waals surface area contributed by atoms with E-state index in [9.17, 15) is 19.2 Å². The molecular weight excluding hydrogens is 352 g/mol. The van der Waals surface area contributed by atoms with Gasteiger partial charge >= 0.3 is 5.97 Å². The highest BCUT2D eigenvalue weighted by molar-refractivity contribution is 6.04. The summed E-state index contributed by atoms with van der Waals surface area (Å²) in [5.41, 5.74) is 6.02. The van der Waals surface area contributed by atoms with Crippen molar-refractivity contribution in [2.75, 3.05) is 18.5 Å². The van der Waals surface area contributed by atoms with E-state index < -0.39 is 31.0 Å². The zero-order valence-electron chi connectivity index (χ0n) is 14.6. The Morgan fingerprint density at radius 1 is 0.926 bits per heavy atom. The van der Waals surface area contributed by atoms with Crippen LogP contribution in [0.5, 0.6) is 5.75 Å². The summed E-state index contributed by atoms with van der Waals surface area (Å²) in [6.45, 7) is 0.333. The number of para-hydroxylation sites is 2. The monoisotopic (exact) mass is 370 g/mol. The molecule has 2 aromatic carbocycles. The van der Waals surface area contributed by atoms with Crippen molar-refractivity contribution in [3.63, 3.8) is 0 Å². The zero-order chi connectivity index (χ0) is 19.8. The third kappa shape index (κ3) is 5.67. The summed E-state index contributed by atoms with van der Waals surface area (Å²) in [4.78, 5) is 46.4. The fraction of sp³-hybridized carbons (Fsp3) is 0.158. The molecule has 2 aromatic rings. The maximum Gasteiger partial charge on any atom is 0.344 e. The number of esters is 1. The van der Waals surface area contributed by atoms with Crippen molar-refractivity contribution in [3.05, 3.63) is 59.7 Å². The van der Waals surface area contributed by atoms with Gasteiger partial charge in [0.05, 0.1) is 11.3 Å². The molecule has 2 rings (SSSR count). The van der Waals surface area contributed by atoms with E-state index in [1.165, 1.54) is 19.1 Å². The summed E-state index contributed by atoms with van der Waals surface area (Å²) in [5, 5.41) is 2.51. The van der Waals surface area contributed by atoms with E-state index in [1.54, 1.807) is 36.4 Å². The van der Waals surface area contributed by atoms with Crippen LogP contribution < -0.4 is 15.8 Å². The topological polar surface area (TPSA) is 125 Å². The van der Waals surface area contributed by atoms with E-state index in [2.05, 4.69) is 5.32 Å². The van der Waals surface area contributed by atoms with Gasteiger partial charge in [0.1, 0.15) is 5.75 Å². The Kier molecular flexibility index (Phi) is 6.65. The van der Waals surface area contributed by atoms with Gasteiger partial charge in [0, 0.05) is 5.56 Å². The second-order valence-corrected chi connectivity index (χ2v) is 5.46. The molecule has 8 heteroatoms. The lowest BCUT2D eigenvalue weighted by atomic mass is 10.1. The number of rotatable bonds is 8. The van der Waals surface area contributed by atoms with Crippen LogP contribution >= 0.6 is 0 Å². The Morgan fingerprint density at radius 2 is 1.56 bits per heavy atom. The molecular formula is C19H18N2O6. The second-order valence-electron chi connectivity index (χ2n) is 5.46. The number of benzene rings is 2. The van der Waals surface area contributed by atoms with Gasteiger partial charge in [-0.3, -0.25) is 14.4 Å². The number of nitrogens with one attached hydrogen (secondary N) is 1. The molecule has 0 aliphatic heterocycles. The van der Waals surface area contributed by atoms with Crippen molar-refractivity contribution in [2.45, 2.75) is 6.92 Å². The lowest BCUT2D eigenvalue weighted by Gasteiger charge is -2.11. The van der Waals surface area contributed by atoms with Crippen LogP contribution in [0.1, 0.15) is 27.6 Å². The van der Waals surface area contributed by atoms with Crippen LogP contribution in [0.15, 0.2) is 48.5 Å². The fourth-order valence-corrected chi connectivity index (χ4v) is 2.21. The van der Waals surface area contributed by atoms with Gasteiger partial charge in [-0.15, -0.1) is 0 Å². The van der Waals surface area contributed by atoms with Crippen molar-refractivity contribution in [1.29, 1.82) is 0 Å². The minimum atomic E-state index is -0.802. The lowest BCUT2D eigenvalue weighted by Crippen LogP contribution is -2.24. The molecule has 0 spiro atoms. The number of hydrogen-bond donors (Lipinski definition) is 2. The van der Waals surface area contributed by atoms with Gasteiger partial charge in [-0.25, -0.2) is 4.79 Å². The highest BCUT2D eigenvalue weighted by Crippen LogP contribution is 2.17. The number of Topliss-reactive ketones (excluding diaryl/α,β-unsaturated/α-hetero) is 1. The third-order valence-corrected chi connectivity index (χ3v) is 3.44. The number of ketones is 1. The summed E-state index contributed by atoms with van der Waals surface area (Å²) in [6.07, 6.45) is 0. The Hall–Kier alpha value is -3.68. The number of carbonyl (C=O) groups is 4. The summed E-state index contributed by atoms with van der Waals surface area (Å²) in [5.74, 6) is -2.16. The molecule has 0 atom stereocenters. The molecule has 3 N–H and O–H groups in total. The van der Waals surface area contributed by atoms with Crippen LogP contribution in [0, 0.1) is 0 Å². The van der Waals surface area contributed by atoms with E-state index in [1.807, 2.05) is 0 Å². The Morgan fingerprint density at radius 3 is 2.22 bits per heavy atom. The van der Waals surface area contributed by atoms with Crippen LogP contribution in [-0.2, 0) is 14.3 Å². The maximum absolute atomic E-state index is 11.9. The van der Waals surface area contributed by atoms with Gasteiger partial charge in [0.15, 0.2) is 19.0 Å². The fourth-order valence-electron chi connectivity index (χ4n) is 2.21. The van der Waals surface area contributed by atoms with Gasteiger partial charge in [-0.2, -0.15) is 0 Å². The van der Waals surface area contributed by atoms with Gasteiger partial charge in [-0.1, -0.05) is 24.3 Å². The number of anilines is 1. The first-order valence-corrected chi connectivity index (χ1v) is 7.95. The van der Waals surface area contributed by atoms with Crippen molar-refractivity contribution in [2.24, 2.45) is 5.73 Å². The molecule has 0 bridgehead atoms. The highest BCUT2D eigenvalue weighted by atomic mass is 16.6. The summed E-state index contributed by atoms with van der Waals surface area (Å²) in [7, 11) is 0. The van der Waals surface area contributed by atoms with E-state index in [-0.39, 0.29) is 17.1 Å². The van der Waals surface area contributed by atoms with Crippen LogP contribution in [0.4, 0.5) is 5.69 Å². The smallest absolute Gasteiger partial charge is 0.344 e. The first-order valence-electron chi connectivity index (χ1n) is 7.95. The molecule has 0 radical (unpaired) electrons. The Bertz CT molecular complexity index is 878. The molecule has 0 aromatic heterocycles. The van der Waals surface area contributed by atoms with Crippen molar-refractivity contribution in [1.82, 2.24) is 0 Å². The molecule has 0 fully saturated rings. The second kappa shape index (κ2) is 9.14. The molecule has 0 saturated heterocycles. The minimum Gasteiger partial charge on any atom is -0.481 e. The minimum absolute atomic E-state index is 0.129. The van der Waals surface area contributed by atoms with Gasteiger partial charge in [0.2, 0.25) is 0 Å². The van der Waals surface area contributed by atoms with Gasteiger partial charge in [0.25, 0.3) is 11.8 Å². The SMILES string of the molecule is CC(=O)c1ccccc1NC(=O)COC(=O)COc1ccccc1C(N)=O. The predicted octanol–water partition coefficient (Wildman–Crippen LogP) is 1.55. The van der Waals surface area contributed by atoms with Crippen molar-refractivity contribution >= 4 is 29.3 Å². The van der Waals surface area contributed by atoms with Crippen LogP contribution in [-0.4, -0.2) is 36.8 Å². The average molecular weight is 370 g/mol. The molecule has 27 heavy (non-hydrogen) atoms.